The second-order valence-electron chi connectivity index (χ2n) is 3.65. The van der Waals surface area contributed by atoms with E-state index >= 15 is 0 Å². The first-order chi connectivity index (χ1) is 9.31. The van der Waals surface area contributed by atoms with Gasteiger partial charge in [0.05, 0.1) is 19.5 Å². The molecule has 2 rings (SSSR count). The number of hydroxylamine groups is 1. The van der Waals surface area contributed by atoms with Crippen LogP contribution in [-0.4, -0.2) is 37.5 Å². The van der Waals surface area contributed by atoms with Crippen LogP contribution in [0.3, 0.4) is 0 Å². The van der Waals surface area contributed by atoms with Crippen molar-refractivity contribution in [3.8, 4) is 0 Å². The third-order valence-electron chi connectivity index (χ3n) is 2.31. The highest BCUT2D eigenvalue weighted by Crippen LogP contribution is 2.02. The monoisotopic (exact) mass is 267 g/mol. The summed E-state index contributed by atoms with van der Waals surface area (Å²) in [5, 5.41) is 15.6. The molecule has 19 heavy (non-hydrogen) atoms. The lowest BCUT2D eigenvalue weighted by atomic mass is 10.3. The Morgan fingerprint density at radius 1 is 1.53 bits per heavy atom. The highest BCUT2D eigenvalue weighted by Gasteiger charge is 2.17. The number of carbonyl (C=O) groups excluding carboxylic acids is 1. The van der Waals surface area contributed by atoms with Gasteiger partial charge in [0.15, 0.2) is 5.69 Å². The van der Waals surface area contributed by atoms with Gasteiger partial charge in [-0.1, -0.05) is 5.16 Å². The Kier molecular flexibility index (Phi) is 4.59. The molecule has 0 unspecified atom stereocenters. The molecule has 0 radical (unpaired) electrons. The van der Waals surface area contributed by atoms with Gasteiger partial charge in [0.2, 0.25) is 0 Å². The Balaban J connectivity index is 1.67. The van der Waals surface area contributed by atoms with Crippen LogP contribution in [0.4, 0.5) is 0 Å². The van der Waals surface area contributed by atoms with E-state index < -0.39 is 12.5 Å². The molecule has 0 saturated heterocycles. The molecular weight excluding hydrogens is 254 g/mol. The molecule has 9 nitrogen and oxygen atoms in total. The lowest BCUT2D eigenvalue weighted by Gasteiger charge is -2.04. The van der Waals surface area contributed by atoms with E-state index in [1.807, 2.05) is 10.8 Å². The van der Waals surface area contributed by atoms with Crippen LogP contribution in [0, 0.1) is 0 Å². The molecule has 0 saturated carbocycles. The SMILES string of the molecule is O=C(NOCCCn1ccnc1)c1nonc1CO. The molecular formula is C10H13N5O4. The van der Waals surface area contributed by atoms with Crippen LogP contribution in [0.1, 0.15) is 22.6 Å². The van der Waals surface area contributed by atoms with Gasteiger partial charge in [0.1, 0.15) is 5.69 Å². The number of aliphatic hydroxyl groups excluding tert-OH is 1. The van der Waals surface area contributed by atoms with Gasteiger partial charge in [-0.15, -0.1) is 0 Å². The molecule has 0 aliphatic heterocycles. The van der Waals surface area contributed by atoms with E-state index in [1.165, 1.54) is 0 Å². The van der Waals surface area contributed by atoms with Crippen molar-refractivity contribution in [1.82, 2.24) is 25.3 Å². The van der Waals surface area contributed by atoms with Gasteiger partial charge >= 0.3 is 0 Å². The number of nitrogens with one attached hydrogen (secondary N) is 1. The van der Waals surface area contributed by atoms with Gasteiger partial charge < -0.3 is 9.67 Å². The van der Waals surface area contributed by atoms with E-state index in [9.17, 15) is 4.79 Å². The Hall–Kier alpha value is -2.26. The summed E-state index contributed by atoms with van der Waals surface area (Å²) in [5.74, 6) is -0.604. The average molecular weight is 267 g/mol. The summed E-state index contributed by atoms with van der Waals surface area (Å²) < 4.78 is 6.25. The largest absolute Gasteiger partial charge is 0.390 e. The third kappa shape index (κ3) is 3.60. The first-order valence-electron chi connectivity index (χ1n) is 5.61. The number of amides is 1. The zero-order valence-corrected chi connectivity index (χ0v) is 10.0. The highest BCUT2D eigenvalue weighted by molar-refractivity contribution is 5.92. The van der Waals surface area contributed by atoms with Gasteiger partial charge in [-0.3, -0.25) is 9.63 Å². The van der Waals surface area contributed by atoms with Crippen molar-refractivity contribution in [2.24, 2.45) is 0 Å². The molecule has 2 N–H and O–H groups in total. The normalized spacial score (nSPS) is 10.6. The van der Waals surface area contributed by atoms with Crippen LogP contribution in [0.25, 0.3) is 0 Å². The van der Waals surface area contributed by atoms with Crippen molar-refractivity contribution in [2.75, 3.05) is 6.61 Å². The minimum atomic E-state index is -0.604. The minimum absolute atomic E-state index is 0.0690. The summed E-state index contributed by atoms with van der Waals surface area (Å²) in [6, 6.07) is 0. The van der Waals surface area contributed by atoms with Gasteiger partial charge in [-0.25, -0.2) is 15.1 Å². The number of aryl methyl sites for hydroxylation is 1. The van der Waals surface area contributed by atoms with E-state index in [4.69, 9.17) is 9.94 Å². The number of rotatable bonds is 7. The van der Waals surface area contributed by atoms with Gasteiger partial charge in [-0.2, -0.15) is 0 Å². The fraction of sp³-hybridized carbons (Fsp3) is 0.400. The molecule has 0 spiro atoms. The lowest BCUT2D eigenvalue weighted by Crippen LogP contribution is -2.26. The number of carbonyl (C=O) groups is 1. The maximum atomic E-state index is 11.6. The smallest absolute Gasteiger partial charge is 0.299 e. The number of aromatic nitrogens is 4. The summed E-state index contributed by atoms with van der Waals surface area (Å²) >= 11 is 0. The average Bonchev–Trinajstić information content (AvgIpc) is 3.08. The minimum Gasteiger partial charge on any atom is -0.390 e. The Labute approximate surface area is 108 Å². The number of hydrogen-bond acceptors (Lipinski definition) is 7. The van der Waals surface area contributed by atoms with Crippen molar-refractivity contribution in [3.05, 3.63) is 30.1 Å². The Morgan fingerprint density at radius 3 is 3.16 bits per heavy atom. The van der Waals surface area contributed by atoms with Crippen LogP contribution in [0.5, 0.6) is 0 Å². The Morgan fingerprint density at radius 2 is 2.42 bits per heavy atom. The van der Waals surface area contributed by atoms with E-state index in [1.54, 1.807) is 12.5 Å². The number of aliphatic hydroxyl groups is 1. The summed E-state index contributed by atoms with van der Waals surface area (Å²) in [4.78, 5) is 20.5. The fourth-order valence-corrected chi connectivity index (χ4v) is 1.39. The molecule has 1 amide bonds. The molecule has 0 aromatic carbocycles. The van der Waals surface area contributed by atoms with Crippen LogP contribution in [-0.2, 0) is 18.0 Å². The number of nitrogens with zero attached hydrogens (tertiary/aromatic N) is 4. The van der Waals surface area contributed by atoms with E-state index in [-0.39, 0.29) is 11.4 Å². The molecule has 2 aromatic rings. The summed E-state index contributed by atoms with van der Waals surface area (Å²) in [5.41, 5.74) is 2.19. The van der Waals surface area contributed by atoms with Crippen molar-refractivity contribution >= 4 is 5.91 Å². The standard InChI is InChI=1S/C10H13N5O4/c16-6-8-9(13-19-12-8)10(17)14-18-5-1-3-15-4-2-11-7-15/h2,4,7,16H,1,3,5-6H2,(H,14,17). The molecule has 2 heterocycles. The van der Waals surface area contributed by atoms with Crippen LogP contribution >= 0.6 is 0 Å². The third-order valence-corrected chi connectivity index (χ3v) is 2.31. The predicted molar refractivity (Wildman–Crippen MR) is 60.5 cm³/mol. The maximum Gasteiger partial charge on any atom is 0.299 e. The molecule has 0 fully saturated rings. The zero-order chi connectivity index (χ0) is 13.5. The molecule has 0 aliphatic carbocycles. The summed E-state index contributed by atoms with van der Waals surface area (Å²) in [6.45, 7) is 0.653. The van der Waals surface area contributed by atoms with Crippen molar-refractivity contribution in [2.45, 2.75) is 19.6 Å². The van der Waals surface area contributed by atoms with E-state index in [0.717, 1.165) is 6.54 Å². The molecule has 0 atom stereocenters. The van der Waals surface area contributed by atoms with Crippen molar-refractivity contribution in [3.63, 3.8) is 0 Å². The topological polar surface area (TPSA) is 115 Å². The van der Waals surface area contributed by atoms with Crippen molar-refractivity contribution < 1.29 is 19.4 Å². The predicted octanol–water partition coefficient (Wildman–Crippen LogP) is -0.490. The quantitative estimate of drug-likeness (QED) is 0.513. The first kappa shape index (κ1) is 13.2. The number of hydrogen-bond donors (Lipinski definition) is 2. The van der Waals surface area contributed by atoms with Crippen LogP contribution < -0.4 is 5.48 Å². The van der Waals surface area contributed by atoms with Crippen molar-refractivity contribution in [1.29, 1.82) is 0 Å². The zero-order valence-electron chi connectivity index (χ0n) is 10.0. The molecule has 9 heteroatoms. The molecule has 102 valence electrons. The molecule has 0 aliphatic rings. The first-order valence-corrected chi connectivity index (χ1v) is 5.61. The van der Waals surface area contributed by atoms with E-state index in [2.05, 4.69) is 25.4 Å². The van der Waals surface area contributed by atoms with Gasteiger partial charge in [0, 0.05) is 18.9 Å². The Bertz CT molecular complexity index is 510. The fourth-order valence-electron chi connectivity index (χ4n) is 1.39. The molecule has 0 bridgehead atoms. The summed E-state index contributed by atoms with van der Waals surface area (Å²) in [6.07, 6.45) is 5.94. The lowest BCUT2D eigenvalue weighted by molar-refractivity contribution is 0.0284. The van der Waals surface area contributed by atoms with Gasteiger partial charge in [-0.05, 0) is 11.6 Å². The highest BCUT2D eigenvalue weighted by atomic mass is 16.7. The number of imidazole rings is 1. The second kappa shape index (κ2) is 6.61. The summed E-state index contributed by atoms with van der Waals surface area (Å²) in [7, 11) is 0. The van der Waals surface area contributed by atoms with E-state index in [0.29, 0.717) is 13.0 Å². The second-order valence-corrected chi connectivity index (χ2v) is 3.65. The van der Waals surface area contributed by atoms with Gasteiger partial charge in [0.25, 0.3) is 5.91 Å². The molecule has 2 aromatic heterocycles. The van der Waals surface area contributed by atoms with Crippen LogP contribution in [0.15, 0.2) is 23.4 Å². The van der Waals surface area contributed by atoms with Crippen LogP contribution in [0.2, 0.25) is 0 Å². The maximum absolute atomic E-state index is 11.6.